The van der Waals surface area contributed by atoms with Crippen molar-refractivity contribution in [3.63, 3.8) is 0 Å². The third-order valence-electron chi connectivity index (χ3n) is 4.55. The van der Waals surface area contributed by atoms with Crippen LogP contribution in [0.5, 0.6) is 0 Å². The molecule has 0 unspecified atom stereocenters. The van der Waals surface area contributed by atoms with Gasteiger partial charge in [0.2, 0.25) is 0 Å². The number of halogens is 1. The van der Waals surface area contributed by atoms with E-state index in [2.05, 4.69) is 10.2 Å². The largest absolute Gasteiger partial charge is 0.478 e. The predicted octanol–water partition coefficient (Wildman–Crippen LogP) is 3.61. The van der Waals surface area contributed by atoms with Crippen LogP contribution in [0.3, 0.4) is 0 Å². The zero-order chi connectivity index (χ0) is 18.5. The lowest BCUT2D eigenvalue weighted by Crippen LogP contribution is -2.29. The molecule has 0 bridgehead atoms. The van der Waals surface area contributed by atoms with E-state index >= 15 is 0 Å². The minimum Gasteiger partial charge on any atom is -0.478 e. The van der Waals surface area contributed by atoms with Crippen LogP contribution in [0.25, 0.3) is 0 Å². The van der Waals surface area contributed by atoms with Gasteiger partial charge in [-0.05, 0) is 55.2 Å². The van der Waals surface area contributed by atoms with Crippen molar-refractivity contribution in [2.45, 2.75) is 19.3 Å². The highest BCUT2D eigenvalue weighted by Gasteiger charge is 2.19. The van der Waals surface area contributed by atoms with Gasteiger partial charge in [0, 0.05) is 30.3 Å². The van der Waals surface area contributed by atoms with Crippen molar-refractivity contribution in [2.75, 3.05) is 24.5 Å². The van der Waals surface area contributed by atoms with Gasteiger partial charge >= 0.3 is 5.97 Å². The van der Waals surface area contributed by atoms with Crippen LogP contribution in [0.15, 0.2) is 42.5 Å². The first-order valence-electron chi connectivity index (χ1n) is 8.69. The zero-order valence-corrected chi connectivity index (χ0v) is 15.1. The van der Waals surface area contributed by atoms with Gasteiger partial charge in [-0.25, -0.2) is 4.79 Å². The molecule has 1 aliphatic heterocycles. The number of anilines is 1. The van der Waals surface area contributed by atoms with E-state index in [-0.39, 0.29) is 11.5 Å². The number of carboxylic acid groups (broad SMARTS) is 1. The Kier molecular flexibility index (Phi) is 5.78. The highest BCUT2D eigenvalue weighted by atomic mass is 35.5. The Morgan fingerprint density at radius 3 is 2.42 bits per heavy atom. The molecule has 6 heteroatoms. The molecule has 1 amide bonds. The topological polar surface area (TPSA) is 69.6 Å². The minimum absolute atomic E-state index is 0.142. The Bertz CT molecular complexity index is 799. The maximum atomic E-state index is 12.6. The van der Waals surface area contributed by atoms with Crippen LogP contribution in [0, 0.1) is 0 Å². The monoisotopic (exact) mass is 372 g/mol. The molecule has 1 saturated heterocycles. The Balaban J connectivity index is 1.63. The predicted molar refractivity (Wildman–Crippen MR) is 102 cm³/mol. The summed E-state index contributed by atoms with van der Waals surface area (Å²) in [4.78, 5) is 25.7. The number of benzene rings is 2. The van der Waals surface area contributed by atoms with E-state index in [1.54, 1.807) is 30.3 Å². The van der Waals surface area contributed by atoms with E-state index in [1.165, 1.54) is 0 Å². The zero-order valence-electron chi connectivity index (χ0n) is 14.4. The first-order valence-corrected chi connectivity index (χ1v) is 9.07. The lowest BCUT2D eigenvalue weighted by molar-refractivity contribution is 0.0696. The molecular formula is C20H21ClN2O3. The van der Waals surface area contributed by atoms with Gasteiger partial charge in [0.1, 0.15) is 0 Å². The normalized spacial score (nSPS) is 13.7. The Labute approximate surface area is 157 Å². The second-order valence-corrected chi connectivity index (χ2v) is 6.80. The average Bonchev–Trinajstić information content (AvgIpc) is 3.16. The van der Waals surface area contributed by atoms with Gasteiger partial charge in [-0.3, -0.25) is 4.79 Å². The Hall–Kier alpha value is -2.53. The summed E-state index contributed by atoms with van der Waals surface area (Å²) in [5.74, 6) is -1.09. The van der Waals surface area contributed by atoms with Crippen LogP contribution in [0.4, 0.5) is 5.69 Å². The summed E-state index contributed by atoms with van der Waals surface area (Å²) < 4.78 is 0. The highest BCUT2D eigenvalue weighted by molar-refractivity contribution is 6.31. The maximum absolute atomic E-state index is 12.6. The fraction of sp³-hybridized carbons (Fsp3) is 0.300. The van der Waals surface area contributed by atoms with Crippen molar-refractivity contribution in [3.8, 4) is 0 Å². The molecule has 0 atom stereocenters. The number of carbonyl (C=O) groups excluding carboxylic acids is 1. The first kappa shape index (κ1) is 18.3. The highest BCUT2D eigenvalue weighted by Crippen LogP contribution is 2.27. The molecule has 5 nitrogen and oxygen atoms in total. The van der Waals surface area contributed by atoms with Crippen molar-refractivity contribution in [2.24, 2.45) is 0 Å². The van der Waals surface area contributed by atoms with E-state index in [0.29, 0.717) is 23.6 Å². The number of carbonyl (C=O) groups is 2. The second kappa shape index (κ2) is 8.23. The number of nitrogens with zero attached hydrogens (tertiary/aromatic N) is 1. The van der Waals surface area contributed by atoms with Crippen LogP contribution < -0.4 is 10.2 Å². The third-order valence-corrected chi connectivity index (χ3v) is 4.79. The lowest BCUT2D eigenvalue weighted by atomic mass is 10.1. The molecule has 2 N–H and O–H groups in total. The number of aromatic carboxylic acids is 1. The summed E-state index contributed by atoms with van der Waals surface area (Å²) >= 11 is 6.09. The first-order chi connectivity index (χ1) is 12.5. The van der Waals surface area contributed by atoms with Crippen molar-refractivity contribution in [3.05, 3.63) is 64.2 Å². The maximum Gasteiger partial charge on any atom is 0.335 e. The van der Waals surface area contributed by atoms with E-state index in [4.69, 9.17) is 16.7 Å². The smallest absolute Gasteiger partial charge is 0.335 e. The molecule has 0 aliphatic carbocycles. The minimum atomic E-state index is -0.944. The lowest BCUT2D eigenvalue weighted by Gasteiger charge is -2.21. The SMILES string of the molecule is O=C(O)c1ccc(CCNC(=O)c2cc(Cl)ccc2N2CCCC2)cc1. The summed E-state index contributed by atoms with van der Waals surface area (Å²) in [5.41, 5.74) is 2.75. The Morgan fingerprint density at radius 1 is 1.08 bits per heavy atom. The standard InChI is InChI=1S/C20H21ClN2O3/c21-16-7-8-18(23-11-1-2-12-23)17(13-16)19(24)22-10-9-14-3-5-15(6-4-14)20(25)26/h3-8,13H,1-2,9-12H2,(H,22,24)(H,25,26). The molecule has 136 valence electrons. The summed E-state index contributed by atoms with van der Waals surface area (Å²) in [7, 11) is 0. The summed E-state index contributed by atoms with van der Waals surface area (Å²) in [6, 6.07) is 12.1. The number of carboxylic acids is 1. The molecule has 0 radical (unpaired) electrons. The molecule has 1 aliphatic rings. The van der Waals surface area contributed by atoms with Gasteiger partial charge in [-0.1, -0.05) is 23.7 Å². The quantitative estimate of drug-likeness (QED) is 0.812. The van der Waals surface area contributed by atoms with Gasteiger partial charge in [0.15, 0.2) is 0 Å². The van der Waals surface area contributed by atoms with Gasteiger partial charge < -0.3 is 15.3 Å². The number of rotatable bonds is 6. The number of nitrogens with one attached hydrogen (secondary N) is 1. The van der Waals surface area contributed by atoms with Gasteiger partial charge in [-0.15, -0.1) is 0 Å². The van der Waals surface area contributed by atoms with Crippen LogP contribution in [-0.4, -0.2) is 36.6 Å². The molecule has 1 heterocycles. The fourth-order valence-electron chi connectivity index (χ4n) is 3.15. The van der Waals surface area contributed by atoms with Crippen molar-refractivity contribution >= 4 is 29.2 Å². The molecule has 1 fully saturated rings. The fourth-order valence-corrected chi connectivity index (χ4v) is 3.33. The van der Waals surface area contributed by atoms with Crippen molar-refractivity contribution < 1.29 is 14.7 Å². The third kappa shape index (κ3) is 4.35. The van der Waals surface area contributed by atoms with Crippen molar-refractivity contribution in [1.29, 1.82) is 0 Å². The second-order valence-electron chi connectivity index (χ2n) is 6.36. The van der Waals surface area contributed by atoms with Crippen LogP contribution in [-0.2, 0) is 6.42 Å². The van der Waals surface area contributed by atoms with Crippen LogP contribution in [0.2, 0.25) is 5.02 Å². The summed E-state index contributed by atoms with van der Waals surface area (Å²) in [5, 5.41) is 12.4. The molecule has 0 spiro atoms. The van der Waals surface area contributed by atoms with Gasteiger partial charge in [0.25, 0.3) is 5.91 Å². The van der Waals surface area contributed by atoms with Gasteiger partial charge in [-0.2, -0.15) is 0 Å². The number of amides is 1. The van der Waals surface area contributed by atoms with Crippen LogP contribution in [0.1, 0.15) is 39.1 Å². The van der Waals surface area contributed by atoms with E-state index in [0.717, 1.165) is 37.2 Å². The number of hydrogen-bond acceptors (Lipinski definition) is 3. The van der Waals surface area contributed by atoms with Gasteiger partial charge in [0.05, 0.1) is 11.1 Å². The molecule has 3 rings (SSSR count). The van der Waals surface area contributed by atoms with Crippen molar-refractivity contribution in [1.82, 2.24) is 5.32 Å². The Morgan fingerprint density at radius 2 is 1.77 bits per heavy atom. The van der Waals surface area contributed by atoms with E-state index in [1.807, 2.05) is 12.1 Å². The molecule has 0 aromatic heterocycles. The molecule has 0 saturated carbocycles. The molecule has 2 aromatic rings. The molecular weight excluding hydrogens is 352 g/mol. The summed E-state index contributed by atoms with van der Waals surface area (Å²) in [6.45, 7) is 2.38. The molecule has 26 heavy (non-hydrogen) atoms. The summed E-state index contributed by atoms with van der Waals surface area (Å²) in [6.07, 6.45) is 2.90. The van der Waals surface area contributed by atoms with E-state index < -0.39 is 5.97 Å². The molecule has 2 aromatic carbocycles. The number of hydrogen-bond donors (Lipinski definition) is 2. The van der Waals surface area contributed by atoms with Crippen LogP contribution >= 0.6 is 11.6 Å². The average molecular weight is 373 g/mol. The van der Waals surface area contributed by atoms with E-state index in [9.17, 15) is 9.59 Å².